The van der Waals surface area contributed by atoms with Crippen molar-refractivity contribution >= 4 is 19.8 Å². The molecule has 1 aliphatic heterocycles. The van der Waals surface area contributed by atoms with E-state index in [1.165, 1.54) is 43.6 Å². The highest BCUT2D eigenvalue weighted by Gasteiger charge is 2.49. The van der Waals surface area contributed by atoms with Crippen molar-refractivity contribution in [3.63, 3.8) is 0 Å². The Morgan fingerprint density at radius 1 is 0.806 bits per heavy atom. The molecule has 0 radical (unpaired) electrons. The molecule has 16 nitrogen and oxygen atoms in total. The van der Waals surface area contributed by atoms with Gasteiger partial charge in [0.05, 0.1) is 43.5 Å². The highest BCUT2D eigenvalue weighted by atomic mass is 31.2. The molecular formula is C45H77O16P. The molecule has 358 valence electrons. The van der Waals surface area contributed by atoms with Crippen molar-refractivity contribution in [1.29, 1.82) is 0 Å². The Morgan fingerprint density at radius 2 is 1.44 bits per heavy atom. The maximum Gasteiger partial charge on any atom is 0.472 e. The summed E-state index contributed by atoms with van der Waals surface area (Å²) in [5.41, 5.74) is 0. The third-order valence-corrected chi connectivity index (χ3v) is 12.2. The van der Waals surface area contributed by atoms with Gasteiger partial charge in [0, 0.05) is 24.7 Å². The van der Waals surface area contributed by atoms with E-state index in [4.69, 9.17) is 18.5 Å². The van der Waals surface area contributed by atoms with Crippen molar-refractivity contribution in [1.82, 2.24) is 0 Å². The van der Waals surface area contributed by atoms with Crippen LogP contribution in [0.1, 0.15) is 136 Å². The summed E-state index contributed by atoms with van der Waals surface area (Å²) in [6, 6.07) is 0. The van der Waals surface area contributed by atoms with Gasteiger partial charge in [-0.1, -0.05) is 114 Å². The second-order valence-corrected chi connectivity index (χ2v) is 17.9. The molecule has 0 spiro atoms. The number of cyclic esters (lactones) is 1. The van der Waals surface area contributed by atoms with E-state index >= 15 is 0 Å². The summed E-state index contributed by atoms with van der Waals surface area (Å²) in [7, 11) is -5.43. The fourth-order valence-corrected chi connectivity index (χ4v) is 8.38. The number of carbonyl (C=O) groups excluding carboxylic acids is 2. The lowest BCUT2D eigenvalue weighted by Gasteiger charge is -2.37. The first-order valence-electron chi connectivity index (χ1n) is 22.7. The van der Waals surface area contributed by atoms with Crippen molar-refractivity contribution in [2.45, 2.75) is 197 Å². The molecular weight excluding hydrogens is 827 g/mol. The molecule has 1 aliphatic carbocycles. The maximum absolute atomic E-state index is 13.4. The van der Waals surface area contributed by atoms with Gasteiger partial charge < -0.3 is 55.2 Å². The summed E-state index contributed by atoms with van der Waals surface area (Å²) < 4.78 is 34.3. The molecule has 0 amide bonds. The molecule has 9 N–H and O–H groups in total. The molecule has 0 saturated heterocycles. The number of carbonyl (C=O) groups is 2. The van der Waals surface area contributed by atoms with Gasteiger partial charge in [-0.25, -0.2) is 4.57 Å². The average Bonchev–Trinajstić information content (AvgIpc) is 3.23. The van der Waals surface area contributed by atoms with Crippen LogP contribution in [0.15, 0.2) is 48.6 Å². The smallest absolute Gasteiger partial charge is 0.462 e. The number of allylic oxidation sites excluding steroid dienone is 5. The monoisotopic (exact) mass is 904 g/mol. The highest BCUT2D eigenvalue weighted by molar-refractivity contribution is 7.47. The Labute approximate surface area is 368 Å². The van der Waals surface area contributed by atoms with Crippen LogP contribution in [0.25, 0.3) is 0 Å². The molecule has 2 aliphatic rings. The van der Waals surface area contributed by atoms with Crippen LogP contribution in [0.4, 0.5) is 0 Å². The molecule has 0 aromatic heterocycles. The van der Waals surface area contributed by atoms with Crippen LogP contribution in [-0.4, -0.2) is 132 Å². The summed E-state index contributed by atoms with van der Waals surface area (Å²) >= 11 is 0. The fraction of sp³-hybridized carbons (Fsp3) is 0.778. The van der Waals surface area contributed by atoms with Crippen LogP contribution in [-0.2, 0) is 32.7 Å². The third-order valence-electron chi connectivity index (χ3n) is 11.2. The zero-order valence-corrected chi connectivity index (χ0v) is 37.6. The van der Waals surface area contributed by atoms with Gasteiger partial charge in [0.25, 0.3) is 0 Å². The molecule has 2 rings (SSSR count). The molecule has 0 aromatic carbocycles. The van der Waals surface area contributed by atoms with Crippen molar-refractivity contribution < 1.29 is 78.4 Å². The van der Waals surface area contributed by atoms with E-state index < -0.39 is 112 Å². The number of fused-ring (bicyclic) bond motifs is 4. The Bertz CT molecular complexity index is 1410. The van der Waals surface area contributed by atoms with Crippen LogP contribution >= 0.6 is 7.82 Å². The topological polar surface area (TPSA) is 270 Å². The van der Waals surface area contributed by atoms with Gasteiger partial charge in [-0.05, 0) is 51.4 Å². The number of esters is 2. The number of phosphoric acid groups is 1. The second-order valence-electron chi connectivity index (χ2n) is 16.5. The molecule has 1 unspecified atom stereocenters. The van der Waals surface area contributed by atoms with Gasteiger partial charge in [0.15, 0.2) is 6.10 Å². The van der Waals surface area contributed by atoms with Gasteiger partial charge in [0.2, 0.25) is 0 Å². The Hall–Kier alpha value is -2.31. The van der Waals surface area contributed by atoms with E-state index in [2.05, 4.69) is 31.2 Å². The molecule has 1 saturated carbocycles. The molecule has 1 fully saturated rings. The zero-order chi connectivity index (χ0) is 45.9. The molecule has 0 aromatic rings. The molecule has 2 bridgehead atoms. The largest absolute Gasteiger partial charge is 0.472 e. The number of ether oxygens (including phenoxy) is 2. The standard InChI is InChI=1S/C45H77O16P/c1-3-5-7-8-9-10-11-12-13-14-15-16-17-18-20-25-38(49)58-30-33-31-59-62(56,57)61-45-43(54)41(52)35(28-27-32(46)23-19-6-4-2)37(48)29-36(47)34(40(51)42(53)44(45)55)24-21-22-26-39(50)60-33/h9-10,12-13,21-22,27-28,32-37,40-48,51-55H,3-8,11,14-20,23-26,29-31H2,1-2H3,(H,56,57)/b10-9-,13-12-,22-21-,28-27-/t32-,33-,34-,35+,36+,37-,40-,41-,42+,43-,44-,45-/m1/s1. The number of rotatable bonds is 22. The minimum Gasteiger partial charge on any atom is -0.462 e. The van der Waals surface area contributed by atoms with Crippen LogP contribution in [0.2, 0.25) is 0 Å². The fourth-order valence-electron chi connectivity index (χ4n) is 7.41. The van der Waals surface area contributed by atoms with Crippen molar-refractivity contribution in [2.75, 3.05) is 13.2 Å². The molecule has 1 heterocycles. The van der Waals surface area contributed by atoms with Crippen LogP contribution < -0.4 is 0 Å². The van der Waals surface area contributed by atoms with E-state index in [1.807, 2.05) is 6.92 Å². The van der Waals surface area contributed by atoms with E-state index in [-0.39, 0.29) is 19.3 Å². The number of phosphoric ester groups is 1. The van der Waals surface area contributed by atoms with E-state index in [9.17, 15) is 59.9 Å². The molecule has 62 heavy (non-hydrogen) atoms. The second kappa shape index (κ2) is 31.5. The predicted octanol–water partition coefficient (Wildman–Crippen LogP) is 4.77. The average molecular weight is 905 g/mol. The number of aliphatic hydroxyl groups excluding tert-OH is 8. The number of hydrogen-bond acceptors (Lipinski definition) is 15. The summed E-state index contributed by atoms with van der Waals surface area (Å²) in [6.45, 7) is 2.75. The lowest BCUT2D eigenvalue weighted by molar-refractivity contribution is -0.167. The zero-order valence-electron chi connectivity index (χ0n) is 36.7. The number of aliphatic hydroxyl groups is 8. The summed E-state index contributed by atoms with van der Waals surface area (Å²) in [5.74, 6) is -4.26. The molecule has 17 heteroatoms. The van der Waals surface area contributed by atoms with Gasteiger partial charge in [-0.3, -0.25) is 18.6 Å². The lowest BCUT2D eigenvalue weighted by Crippen LogP contribution is -2.55. The number of hydrogen-bond donors (Lipinski definition) is 9. The summed E-state index contributed by atoms with van der Waals surface area (Å²) in [6.07, 6.45) is 7.67. The first-order chi connectivity index (χ1) is 29.6. The lowest BCUT2D eigenvalue weighted by atomic mass is 9.83. The third kappa shape index (κ3) is 22.1. The van der Waals surface area contributed by atoms with Crippen LogP contribution in [0.3, 0.4) is 0 Å². The van der Waals surface area contributed by atoms with Gasteiger partial charge >= 0.3 is 19.8 Å². The van der Waals surface area contributed by atoms with Crippen molar-refractivity contribution in [3.8, 4) is 0 Å². The van der Waals surface area contributed by atoms with E-state index in [0.717, 1.165) is 57.8 Å². The Morgan fingerprint density at radius 3 is 2.13 bits per heavy atom. The van der Waals surface area contributed by atoms with E-state index in [0.29, 0.717) is 19.3 Å². The number of unbranched alkanes of at least 4 members (excludes halogenated alkanes) is 10. The Balaban J connectivity index is 2.14. The Kier molecular flexibility index (Phi) is 28.4. The van der Waals surface area contributed by atoms with Crippen LogP contribution in [0, 0.1) is 11.8 Å². The first-order valence-corrected chi connectivity index (χ1v) is 24.2. The minimum absolute atomic E-state index is 0.0834. The van der Waals surface area contributed by atoms with Crippen LogP contribution in [0.5, 0.6) is 0 Å². The predicted molar refractivity (Wildman–Crippen MR) is 232 cm³/mol. The molecule has 13 atom stereocenters. The van der Waals surface area contributed by atoms with Gasteiger partial charge in [-0.15, -0.1) is 0 Å². The SMILES string of the molecule is CCCCC/C=C\C/C=C\CCCCCCCC(=O)OC[C@@H]1COP(=O)(O)O[C@H]2[C@H](O)[C@@H](O)[C@H](O)[C@H](C/C=C\CC(=O)O1)[C@@H](O)C[C@@H](O)[C@H](/C=C\[C@H](O)CCCCC)[C@@H](O)[C@H]2O. The normalized spacial score (nSPS) is 33.2. The van der Waals surface area contributed by atoms with E-state index in [1.54, 1.807) is 0 Å². The van der Waals surface area contributed by atoms with Crippen molar-refractivity contribution in [2.24, 2.45) is 11.8 Å². The van der Waals surface area contributed by atoms with Gasteiger partial charge in [0.1, 0.15) is 31.0 Å². The minimum atomic E-state index is -5.43. The van der Waals surface area contributed by atoms with Crippen molar-refractivity contribution in [3.05, 3.63) is 48.6 Å². The summed E-state index contributed by atoms with van der Waals surface area (Å²) in [5, 5.41) is 89.3. The first kappa shape index (κ1) is 55.8. The highest BCUT2D eigenvalue weighted by Crippen LogP contribution is 2.47. The quantitative estimate of drug-likeness (QED) is 0.0307. The maximum atomic E-state index is 13.4. The van der Waals surface area contributed by atoms with Gasteiger partial charge in [-0.2, -0.15) is 0 Å². The summed E-state index contributed by atoms with van der Waals surface area (Å²) in [4.78, 5) is 36.2.